The molecule has 0 aromatic rings. The molecule has 5 heteroatoms. The van der Waals surface area contributed by atoms with E-state index in [1.807, 2.05) is 0 Å². The summed E-state index contributed by atoms with van der Waals surface area (Å²) in [6.45, 7) is -1.42. The van der Waals surface area contributed by atoms with Gasteiger partial charge in [-0.25, -0.2) is 13.6 Å². The van der Waals surface area contributed by atoms with Gasteiger partial charge in [0.05, 0.1) is 0 Å². The second-order valence-corrected chi connectivity index (χ2v) is 0.930. The Labute approximate surface area is 43.9 Å². The van der Waals surface area contributed by atoms with Gasteiger partial charge in [0.2, 0.25) is 0 Å². The molecule has 0 heterocycles. The third-order valence-electron chi connectivity index (χ3n) is 0.403. The van der Waals surface area contributed by atoms with E-state index in [0.717, 1.165) is 0 Å². The average Bonchev–Trinajstić information content (AvgIpc) is 1.67. The van der Waals surface area contributed by atoms with E-state index < -0.39 is 19.2 Å². The largest absolute Gasteiger partial charge is 0.477 e. The van der Waals surface area contributed by atoms with Gasteiger partial charge in [-0.3, -0.25) is 0 Å². The maximum Gasteiger partial charge on any atom is 0.366 e. The minimum Gasteiger partial charge on any atom is -0.477 e. The lowest BCUT2D eigenvalue weighted by atomic mass is 10.7. The first-order valence-electron chi connectivity index (χ1n) is 1.73. The van der Waals surface area contributed by atoms with Crippen molar-refractivity contribution >= 4 is 5.97 Å². The molecule has 0 saturated heterocycles. The molecule has 0 amide bonds. The maximum atomic E-state index is 11.5. The lowest BCUT2D eigenvalue weighted by Gasteiger charge is -1.97. The molecule has 0 fully saturated rings. The van der Waals surface area contributed by atoms with Crippen molar-refractivity contribution in [2.24, 2.45) is 0 Å². The molecule has 0 saturated carbocycles. The molecule has 0 rings (SSSR count). The minimum absolute atomic E-state index is 1.42. The van der Waals surface area contributed by atoms with Gasteiger partial charge < -0.3 is 9.84 Å². The lowest BCUT2D eigenvalue weighted by Crippen LogP contribution is -2.17. The summed E-state index contributed by atoms with van der Waals surface area (Å²) in [5.74, 6) is -1.82. The fourth-order valence-corrected chi connectivity index (χ4v) is 0.127. The molecular formula is C3H4F2O3. The number of hydrogen-bond acceptors (Lipinski definition) is 2. The van der Waals surface area contributed by atoms with Crippen LogP contribution in [0.3, 0.4) is 0 Å². The van der Waals surface area contributed by atoms with Crippen LogP contribution in [0.2, 0.25) is 0 Å². The zero-order valence-electron chi connectivity index (χ0n) is 3.80. The number of carbonyl (C=O) groups is 1. The summed E-state index contributed by atoms with van der Waals surface area (Å²) in [5, 5.41) is 7.65. The Hall–Kier alpha value is -0.710. The van der Waals surface area contributed by atoms with Crippen LogP contribution in [-0.2, 0) is 9.53 Å². The van der Waals surface area contributed by atoms with Crippen molar-refractivity contribution in [1.29, 1.82) is 0 Å². The van der Waals surface area contributed by atoms with Crippen LogP contribution in [0, 0.1) is 0 Å². The van der Waals surface area contributed by atoms with Crippen LogP contribution in [0.25, 0.3) is 0 Å². The van der Waals surface area contributed by atoms with Crippen molar-refractivity contribution in [3.8, 4) is 0 Å². The molecule has 0 bridgehead atoms. The van der Waals surface area contributed by atoms with Crippen LogP contribution in [0.4, 0.5) is 8.78 Å². The summed E-state index contributed by atoms with van der Waals surface area (Å²) < 4.78 is 25.7. The number of carboxylic acids is 1. The summed E-state index contributed by atoms with van der Waals surface area (Å²) in [7, 11) is 0. The van der Waals surface area contributed by atoms with Gasteiger partial charge in [-0.15, -0.1) is 0 Å². The predicted octanol–water partition coefficient (Wildman–Crippen LogP) is 0.310. The monoisotopic (exact) mass is 126 g/mol. The van der Waals surface area contributed by atoms with Crippen molar-refractivity contribution in [3.05, 3.63) is 0 Å². The lowest BCUT2D eigenvalue weighted by molar-refractivity contribution is -0.168. The first-order valence-corrected chi connectivity index (χ1v) is 1.73. The zero-order chi connectivity index (χ0) is 6.57. The summed E-state index contributed by atoms with van der Waals surface area (Å²) in [6.07, 6.45) is -2.54. The highest BCUT2D eigenvalue weighted by Gasteiger charge is 2.14. The van der Waals surface area contributed by atoms with E-state index in [2.05, 4.69) is 4.74 Å². The Bertz CT molecular complexity index is 84.6. The topological polar surface area (TPSA) is 46.5 Å². The van der Waals surface area contributed by atoms with Crippen LogP contribution in [0.15, 0.2) is 0 Å². The van der Waals surface area contributed by atoms with E-state index in [1.54, 1.807) is 0 Å². The number of ether oxygens (including phenoxy) is 1. The van der Waals surface area contributed by atoms with Gasteiger partial charge in [0, 0.05) is 0 Å². The fourth-order valence-electron chi connectivity index (χ4n) is 0.127. The minimum atomic E-state index is -2.54. The highest BCUT2D eigenvalue weighted by Crippen LogP contribution is 1.92. The molecular weight excluding hydrogens is 122 g/mol. The molecule has 8 heavy (non-hydrogen) atoms. The van der Waals surface area contributed by atoms with Crippen LogP contribution in [-0.4, -0.2) is 24.3 Å². The number of alkyl halides is 2. The molecule has 0 aromatic carbocycles. The van der Waals surface area contributed by atoms with E-state index >= 15 is 0 Å². The summed E-state index contributed by atoms with van der Waals surface area (Å²) in [6, 6.07) is 0. The van der Waals surface area contributed by atoms with Crippen molar-refractivity contribution in [1.82, 2.24) is 0 Å². The first kappa shape index (κ1) is 7.29. The molecule has 0 aliphatic rings. The normalized spacial score (nSPS) is 13.2. The SMILES string of the molecule is O=C(O)C(F)OCF. The standard InChI is InChI=1S/C3H4F2O3/c4-1-8-2(5)3(6)7/h2H,1H2,(H,6,7). The smallest absolute Gasteiger partial charge is 0.366 e. The Morgan fingerprint density at radius 1 is 1.88 bits per heavy atom. The fraction of sp³-hybridized carbons (Fsp3) is 0.667. The van der Waals surface area contributed by atoms with Gasteiger partial charge in [-0.1, -0.05) is 0 Å². The molecule has 0 aliphatic carbocycles. The summed E-state index contributed by atoms with van der Waals surface area (Å²) in [5.41, 5.74) is 0. The maximum absolute atomic E-state index is 11.5. The number of aliphatic carboxylic acids is 1. The Kier molecular flexibility index (Phi) is 3.02. The number of hydrogen-bond donors (Lipinski definition) is 1. The highest BCUT2D eigenvalue weighted by molar-refractivity contribution is 5.70. The van der Waals surface area contributed by atoms with Crippen LogP contribution < -0.4 is 0 Å². The molecule has 0 aliphatic heterocycles. The second-order valence-electron chi connectivity index (χ2n) is 0.930. The van der Waals surface area contributed by atoms with Crippen molar-refractivity contribution in [2.75, 3.05) is 6.86 Å². The van der Waals surface area contributed by atoms with E-state index in [1.165, 1.54) is 0 Å². The van der Waals surface area contributed by atoms with Gasteiger partial charge in [0.15, 0.2) is 6.86 Å². The van der Waals surface area contributed by atoms with Crippen LogP contribution >= 0.6 is 0 Å². The first-order chi connectivity index (χ1) is 3.68. The van der Waals surface area contributed by atoms with E-state index in [-0.39, 0.29) is 0 Å². The Balaban J connectivity index is 3.32. The van der Waals surface area contributed by atoms with E-state index in [0.29, 0.717) is 0 Å². The second kappa shape index (κ2) is 3.31. The number of carboxylic acid groups (broad SMARTS) is 1. The molecule has 1 unspecified atom stereocenters. The Morgan fingerprint density at radius 3 is 2.50 bits per heavy atom. The molecule has 0 spiro atoms. The van der Waals surface area contributed by atoms with Crippen molar-refractivity contribution in [2.45, 2.75) is 6.36 Å². The summed E-state index contributed by atoms with van der Waals surface area (Å²) in [4.78, 5) is 9.42. The van der Waals surface area contributed by atoms with Gasteiger partial charge in [0.25, 0.3) is 6.36 Å². The van der Waals surface area contributed by atoms with Gasteiger partial charge >= 0.3 is 5.97 Å². The molecule has 0 aromatic heterocycles. The van der Waals surface area contributed by atoms with E-state index in [4.69, 9.17) is 5.11 Å². The predicted molar refractivity (Wildman–Crippen MR) is 19.6 cm³/mol. The van der Waals surface area contributed by atoms with Crippen molar-refractivity contribution < 1.29 is 23.4 Å². The zero-order valence-corrected chi connectivity index (χ0v) is 3.80. The highest BCUT2D eigenvalue weighted by atomic mass is 19.2. The van der Waals surface area contributed by atoms with E-state index in [9.17, 15) is 13.6 Å². The quantitative estimate of drug-likeness (QED) is 0.591. The molecule has 3 nitrogen and oxygen atoms in total. The third-order valence-corrected chi connectivity index (χ3v) is 0.403. The Morgan fingerprint density at radius 2 is 2.38 bits per heavy atom. The number of rotatable bonds is 3. The molecule has 0 radical (unpaired) electrons. The molecule has 1 N–H and O–H groups in total. The average molecular weight is 126 g/mol. The number of halogens is 2. The van der Waals surface area contributed by atoms with Gasteiger partial charge in [-0.05, 0) is 0 Å². The van der Waals surface area contributed by atoms with Crippen molar-refractivity contribution in [3.63, 3.8) is 0 Å². The van der Waals surface area contributed by atoms with Gasteiger partial charge in [0.1, 0.15) is 0 Å². The van der Waals surface area contributed by atoms with Crippen LogP contribution in [0.5, 0.6) is 0 Å². The van der Waals surface area contributed by atoms with Crippen LogP contribution in [0.1, 0.15) is 0 Å². The third kappa shape index (κ3) is 2.46. The molecule has 1 atom stereocenters. The van der Waals surface area contributed by atoms with Gasteiger partial charge in [-0.2, -0.15) is 0 Å². The summed E-state index contributed by atoms with van der Waals surface area (Å²) >= 11 is 0. The molecule has 48 valence electrons.